The molecule has 0 aromatic carbocycles. The minimum absolute atomic E-state index is 0.295. The molecule has 0 spiro atoms. The standard InChI is InChI=1S/C11H22NO/c1-3-4-5-6-7-8-9-11(2)12-10-13/h11H,3-9H2,1-2H3,(H,12,13). The highest BCUT2D eigenvalue weighted by Crippen LogP contribution is 2.07. The summed E-state index contributed by atoms with van der Waals surface area (Å²) >= 11 is 0. The molecule has 0 aromatic heterocycles. The average molecular weight is 184 g/mol. The van der Waals surface area contributed by atoms with Crippen LogP contribution in [0.15, 0.2) is 0 Å². The maximum atomic E-state index is 9.95. The third kappa shape index (κ3) is 9.38. The zero-order chi connectivity index (χ0) is 9.94. The lowest BCUT2D eigenvalue weighted by Gasteiger charge is -2.08. The molecule has 1 radical (unpaired) electrons. The summed E-state index contributed by atoms with van der Waals surface area (Å²) in [6.07, 6.45) is 10.7. The Morgan fingerprint density at radius 2 is 1.77 bits per heavy atom. The van der Waals surface area contributed by atoms with Crippen LogP contribution in [0.2, 0.25) is 0 Å². The summed E-state index contributed by atoms with van der Waals surface area (Å²) in [6.45, 7) is 4.25. The minimum atomic E-state index is 0.295. The van der Waals surface area contributed by atoms with Crippen molar-refractivity contribution in [1.82, 2.24) is 5.32 Å². The molecular formula is C11H22NO. The summed E-state index contributed by atoms with van der Waals surface area (Å²) in [5.41, 5.74) is 0. The van der Waals surface area contributed by atoms with E-state index in [1.165, 1.54) is 38.5 Å². The lowest BCUT2D eigenvalue weighted by atomic mass is 10.1. The first-order valence-electron chi connectivity index (χ1n) is 5.44. The summed E-state index contributed by atoms with van der Waals surface area (Å²) in [6, 6.07) is 0.295. The van der Waals surface area contributed by atoms with Gasteiger partial charge in [0.05, 0.1) is 0 Å². The molecule has 0 aliphatic heterocycles. The smallest absolute Gasteiger partial charge is 0.309 e. The number of nitrogens with one attached hydrogen (secondary N) is 1. The molecule has 2 nitrogen and oxygen atoms in total. The Morgan fingerprint density at radius 3 is 2.38 bits per heavy atom. The number of rotatable bonds is 9. The zero-order valence-electron chi connectivity index (χ0n) is 8.94. The number of amides is 1. The molecule has 1 unspecified atom stereocenters. The molecule has 77 valence electrons. The molecule has 0 aromatic rings. The van der Waals surface area contributed by atoms with Crippen LogP contribution < -0.4 is 5.32 Å². The Labute approximate surface area is 82.1 Å². The van der Waals surface area contributed by atoms with Gasteiger partial charge in [-0.2, -0.15) is 0 Å². The van der Waals surface area contributed by atoms with E-state index in [1.54, 1.807) is 6.41 Å². The second-order valence-corrected chi connectivity index (χ2v) is 3.70. The summed E-state index contributed by atoms with van der Waals surface area (Å²) < 4.78 is 0. The van der Waals surface area contributed by atoms with E-state index in [1.807, 2.05) is 6.92 Å². The first-order valence-corrected chi connectivity index (χ1v) is 5.44. The van der Waals surface area contributed by atoms with Gasteiger partial charge in [-0.15, -0.1) is 0 Å². The van der Waals surface area contributed by atoms with Gasteiger partial charge in [-0.1, -0.05) is 45.4 Å². The van der Waals surface area contributed by atoms with Gasteiger partial charge in [0.1, 0.15) is 0 Å². The van der Waals surface area contributed by atoms with Crippen molar-refractivity contribution in [1.29, 1.82) is 0 Å². The van der Waals surface area contributed by atoms with Crippen LogP contribution in [0.5, 0.6) is 0 Å². The van der Waals surface area contributed by atoms with Crippen molar-refractivity contribution in [2.24, 2.45) is 0 Å². The van der Waals surface area contributed by atoms with Gasteiger partial charge in [0.15, 0.2) is 0 Å². The SMILES string of the molecule is CCCCCCCCC(C)N[C]=O. The lowest BCUT2D eigenvalue weighted by molar-refractivity contribution is 0.496. The summed E-state index contributed by atoms with van der Waals surface area (Å²) in [5, 5.41) is 2.64. The summed E-state index contributed by atoms with van der Waals surface area (Å²) in [7, 11) is 0. The quantitative estimate of drug-likeness (QED) is 0.433. The van der Waals surface area contributed by atoms with E-state index >= 15 is 0 Å². The topological polar surface area (TPSA) is 29.1 Å². The molecule has 1 N–H and O–H groups in total. The highest BCUT2D eigenvalue weighted by Gasteiger charge is 1.98. The van der Waals surface area contributed by atoms with Crippen LogP contribution in [-0.2, 0) is 4.79 Å². The van der Waals surface area contributed by atoms with Crippen molar-refractivity contribution in [3.05, 3.63) is 0 Å². The van der Waals surface area contributed by atoms with Gasteiger partial charge >= 0.3 is 6.41 Å². The predicted octanol–water partition coefficient (Wildman–Crippen LogP) is 2.78. The fraction of sp³-hybridized carbons (Fsp3) is 0.909. The van der Waals surface area contributed by atoms with E-state index < -0.39 is 0 Å². The van der Waals surface area contributed by atoms with E-state index in [2.05, 4.69) is 12.2 Å². The molecule has 1 amide bonds. The van der Waals surface area contributed by atoms with Gasteiger partial charge < -0.3 is 5.32 Å². The molecule has 0 aliphatic rings. The lowest BCUT2D eigenvalue weighted by Crippen LogP contribution is -2.23. The van der Waals surface area contributed by atoms with E-state index in [0.717, 1.165) is 6.42 Å². The van der Waals surface area contributed by atoms with E-state index in [9.17, 15) is 4.79 Å². The Balaban J connectivity index is 3.01. The van der Waals surface area contributed by atoms with Crippen molar-refractivity contribution >= 4 is 6.41 Å². The van der Waals surface area contributed by atoms with Crippen molar-refractivity contribution in [3.8, 4) is 0 Å². The maximum Gasteiger partial charge on any atom is 0.309 e. The van der Waals surface area contributed by atoms with Crippen molar-refractivity contribution in [2.45, 2.75) is 64.8 Å². The van der Waals surface area contributed by atoms with Crippen molar-refractivity contribution in [3.63, 3.8) is 0 Å². The number of hydrogen-bond donors (Lipinski definition) is 1. The van der Waals surface area contributed by atoms with E-state index in [-0.39, 0.29) is 0 Å². The molecule has 0 heterocycles. The van der Waals surface area contributed by atoms with Crippen LogP contribution in [0.3, 0.4) is 0 Å². The third-order valence-corrected chi connectivity index (χ3v) is 2.30. The molecule has 13 heavy (non-hydrogen) atoms. The second-order valence-electron chi connectivity index (χ2n) is 3.70. The van der Waals surface area contributed by atoms with Crippen LogP contribution in [-0.4, -0.2) is 12.5 Å². The molecule has 2 heteroatoms. The molecule has 0 fully saturated rings. The first-order chi connectivity index (χ1) is 6.31. The Bertz CT molecular complexity index is 115. The van der Waals surface area contributed by atoms with Crippen LogP contribution in [0.4, 0.5) is 0 Å². The maximum absolute atomic E-state index is 9.95. The normalized spacial score (nSPS) is 12.5. The fourth-order valence-corrected chi connectivity index (χ4v) is 1.40. The van der Waals surface area contributed by atoms with Gasteiger partial charge in [0.2, 0.25) is 0 Å². The fourth-order valence-electron chi connectivity index (χ4n) is 1.40. The van der Waals surface area contributed by atoms with Crippen LogP contribution in [0.1, 0.15) is 58.8 Å². The van der Waals surface area contributed by atoms with Gasteiger partial charge in [-0.05, 0) is 13.3 Å². The second kappa shape index (κ2) is 9.56. The molecule has 0 rings (SSSR count). The van der Waals surface area contributed by atoms with Crippen molar-refractivity contribution < 1.29 is 4.79 Å². The predicted molar refractivity (Wildman–Crippen MR) is 56.3 cm³/mol. The molecule has 0 saturated carbocycles. The number of hydrogen-bond acceptors (Lipinski definition) is 1. The Morgan fingerprint density at radius 1 is 1.15 bits per heavy atom. The average Bonchev–Trinajstić information content (AvgIpc) is 2.11. The van der Waals surface area contributed by atoms with Crippen molar-refractivity contribution in [2.75, 3.05) is 0 Å². The summed E-state index contributed by atoms with van der Waals surface area (Å²) in [4.78, 5) is 9.95. The number of carbonyl (C=O) groups excluding carboxylic acids is 1. The molecule has 0 aliphatic carbocycles. The Hall–Kier alpha value is -0.530. The van der Waals surface area contributed by atoms with Gasteiger partial charge in [-0.25, -0.2) is 0 Å². The zero-order valence-corrected chi connectivity index (χ0v) is 8.94. The van der Waals surface area contributed by atoms with E-state index in [4.69, 9.17) is 0 Å². The summed E-state index contributed by atoms with van der Waals surface area (Å²) in [5.74, 6) is 0. The van der Waals surface area contributed by atoms with Gasteiger partial charge in [0.25, 0.3) is 0 Å². The first kappa shape index (κ1) is 12.5. The molecular weight excluding hydrogens is 162 g/mol. The van der Waals surface area contributed by atoms with Gasteiger partial charge in [-0.3, -0.25) is 4.79 Å². The van der Waals surface area contributed by atoms with Crippen LogP contribution in [0.25, 0.3) is 0 Å². The van der Waals surface area contributed by atoms with E-state index in [0.29, 0.717) is 6.04 Å². The Kier molecular flexibility index (Phi) is 9.17. The number of unbranched alkanes of at least 4 members (excludes halogenated alkanes) is 5. The van der Waals surface area contributed by atoms with Gasteiger partial charge in [0, 0.05) is 6.04 Å². The molecule has 1 atom stereocenters. The highest BCUT2D eigenvalue weighted by atomic mass is 16.1. The molecule has 0 bridgehead atoms. The highest BCUT2D eigenvalue weighted by molar-refractivity contribution is 5.47. The monoisotopic (exact) mass is 184 g/mol. The van der Waals surface area contributed by atoms with Crippen LogP contribution >= 0.6 is 0 Å². The van der Waals surface area contributed by atoms with Crippen LogP contribution in [0, 0.1) is 0 Å². The molecule has 0 saturated heterocycles. The third-order valence-electron chi connectivity index (χ3n) is 2.30. The minimum Gasteiger partial charge on any atom is -0.345 e. The largest absolute Gasteiger partial charge is 0.345 e.